The number of esters is 1. The molecule has 11 heteroatoms. The topological polar surface area (TPSA) is 90.0 Å². The second-order valence-corrected chi connectivity index (χ2v) is 12.7. The van der Waals surface area contributed by atoms with E-state index in [1.54, 1.807) is 51.1 Å². The molecule has 1 aliphatic heterocycles. The smallest absolute Gasteiger partial charge is 0.344 e. The molecule has 1 aliphatic rings. The summed E-state index contributed by atoms with van der Waals surface area (Å²) in [5, 5.41) is -0.224. The van der Waals surface area contributed by atoms with Crippen LogP contribution in [0.15, 0.2) is 59.5 Å². The first kappa shape index (κ1) is 29.5. The van der Waals surface area contributed by atoms with Gasteiger partial charge in [-0.05, 0) is 51.0 Å². The van der Waals surface area contributed by atoms with Gasteiger partial charge in [0.25, 0.3) is 5.91 Å². The molecule has 0 aromatic heterocycles. The minimum Gasteiger partial charge on any atom is -0.479 e. The van der Waals surface area contributed by atoms with Gasteiger partial charge in [-0.15, -0.1) is 0 Å². The summed E-state index contributed by atoms with van der Waals surface area (Å²) in [5.74, 6) is -4.38. The molecule has 0 aliphatic carbocycles. The lowest BCUT2D eigenvalue weighted by molar-refractivity contribution is -0.157. The van der Waals surface area contributed by atoms with E-state index >= 15 is 0 Å². The summed E-state index contributed by atoms with van der Waals surface area (Å²) in [6.45, 7) is 5.33. The Bertz CT molecular complexity index is 1550. The van der Waals surface area contributed by atoms with E-state index in [0.717, 1.165) is 18.6 Å². The van der Waals surface area contributed by atoms with Crippen molar-refractivity contribution in [2.75, 3.05) is 19.7 Å². The van der Waals surface area contributed by atoms with Gasteiger partial charge >= 0.3 is 5.97 Å². The van der Waals surface area contributed by atoms with Gasteiger partial charge in [0.15, 0.2) is 22.2 Å². The molecular formula is C29H28ClF2NO6S. The normalized spacial score (nSPS) is 13.5. The zero-order valence-corrected chi connectivity index (χ0v) is 23.7. The molecule has 1 saturated heterocycles. The van der Waals surface area contributed by atoms with Crippen molar-refractivity contribution in [2.24, 2.45) is 0 Å². The maximum Gasteiger partial charge on any atom is 0.344 e. The Morgan fingerprint density at radius 2 is 1.68 bits per heavy atom. The fourth-order valence-electron chi connectivity index (χ4n) is 4.09. The van der Waals surface area contributed by atoms with Crippen molar-refractivity contribution < 1.29 is 36.3 Å². The van der Waals surface area contributed by atoms with Gasteiger partial charge < -0.3 is 14.4 Å². The van der Waals surface area contributed by atoms with Crippen LogP contribution in [-0.4, -0.2) is 50.5 Å². The standard InChI is InChI=1S/C29H28ClF2NO6S/c1-29(2,3)39-26(34)16-38-27-22(30)13-19(28(35)33-10-7-11-33)14-25(27)40(36,37)17-20-12-21(24(32)15-23(20)31)18-8-5-4-6-9-18/h4-6,8-9,12-15H,7,10-11,16-17H2,1-3H3. The van der Waals surface area contributed by atoms with E-state index in [4.69, 9.17) is 21.1 Å². The van der Waals surface area contributed by atoms with Gasteiger partial charge in [-0.3, -0.25) is 4.79 Å². The average molecular weight is 592 g/mol. The Kier molecular flexibility index (Phi) is 8.51. The molecule has 0 atom stereocenters. The second kappa shape index (κ2) is 11.5. The van der Waals surface area contributed by atoms with Crippen LogP contribution in [0, 0.1) is 11.6 Å². The molecule has 4 rings (SSSR count). The summed E-state index contributed by atoms with van der Waals surface area (Å²) >= 11 is 6.39. The van der Waals surface area contributed by atoms with Crippen molar-refractivity contribution in [3.63, 3.8) is 0 Å². The molecule has 7 nitrogen and oxygen atoms in total. The van der Waals surface area contributed by atoms with E-state index in [1.165, 1.54) is 11.0 Å². The Balaban J connectivity index is 1.74. The summed E-state index contributed by atoms with van der Waals surface area (Å²) < 4.78 is 67.7. The first-order chi connectivity index (χ1) is 18.7. The monoisotopic (exact) mass is 591 g/mol. The molecule has 3 aromatic carbocycles. The first-order valence-electron chi connectivity index (χ1n) is 12.5. The zero-order chi connectivity index (χ0) is 29.2. The molecule has 0 N–H and O–H groups in total. The summed E-state index contributed by atoms with van der Waals surface area (Å²) in [7, 11) is -4.45. The van der Waals surface area contributed by atoms with E-state index in [-0.39, 0.29) is 27.5 Å². The predicted octanol–water partition coefficient (Wildman–Crippen LogP) is 5.83. The Morgan fingerprint density at radius 1 is 1.00 bits per heavy atom. The van der Waals surface area contributed by atoms with E-state index in [2.05, 4.69) is 0 Å². The lowest BCUT2D eigenvalue weighted by Crippen LogP contribution is -2.42. The number of sulfone groups is 1. The van der Waals surface area contributed by atoms with Gasteiger partial charge in [0.05, 0.1) is 10.8 Å². The van der Waals surface area contributed by atoms with Gasteiger partial charge in [0.2, 0.25) is 0 Å². The number of amides is 1. The number of ether oxygens (including phenoxy) is 2. The number of carbonyl (C=O) groups is 2. The minimum absolute atomic E-state index is 0.00237. The first-order valence-corrected chi connectivity index (χ1v) is 14.5. The number of benzene rings is 3. The molecule has 0 saturated carbocycles. The Morgan fingerprint density at radius 3 is 2.27 bits per heavy atom. The second-order valence-electron chi connectivity index (χ2n) is 10.4. The highest BCUT2D eigenvalue weighted by Gasteiger charge is 2.30. The highest BCUT2D eigenvalue weighted by molar-refractivity contribution is 7.90. The van der Waals surface area contributed by atoms with Gasteiger partial charge in [0.1, 0.15) is 22.1 Å². The van der Waals surface area contributed by atoms with E-state index < -0.39 is 56.2 Å². The molecule has 40 heavy (non-hydrogen) atoms. The lowest BCUT2D eigenvalue weighted by Gasteiger charge is -2.31. The molecule has 212 valence electrons. The summed E-state index contributed by atoms with van der Waals surface area (Å²) in [5.41, 5.74) is -0.659. The fourth-order valence-corrected chi connectivity index (χ4v) is 5.97. The van der Waals surface area contributed by atoms with Crippen molar-refractivity contribution in [2.45, 2.75) is 43.4 Å². The van der Waals surface area contributed by atoms with Crippen molar-refractivity contribution in [1.29, 1.82) is 0 Å². The summed E-state index contributed by atoms with van der Waals surface area (Å²) in [6.07, 6.45) is 0.815. The molecule has 3 aromatic rings. The number of halogens is 3. The fraction of sp³-hybridized carbons (Fsp3) is 0.310. The maximum atomic E-state index is 14.9. The quantitative estimate of drug-likeness (QED) is 0.306. The van der Waals surface area contributed by atoms with Crippen LogP contribution in [0.25, 0.3) is 11.1 Å². The van der Waals surface area contributed by atoms with E-state index in [1.807, 2.05) is 0 Å². The van der Waals surface area contributed by atoms with Gasteiger partial charge in [-0.25, -0.2) is 22.0 Å². The number of hydrogen-bond acceptors (Lipinski definition) is 6. The zero-order valence-electron chi connectivity index (χ0n) is 22.2. The molecule has 0 bridgehead atoms. The highest BCUT2D eigenvalue weighted by Crippen LogP contribution is 2.37. The van der Waals surface area contributed by atoms with Crippen molar-refractivity contribution >= 4 is 33.3 Å². The molecule has 0 unspecified atom stereocenters. The number of likely N-dealkylation sites (tertiary alicyclic amines) is 1. The number of nitrogens with zero attached hydrogens (tertiary/aromatic N) is 1. The van der Waals surface area contributed by atoms with Crippen LogP contribution in [-0.2, 0) is 25.1 Å². The molecule has 1 amide bonds. The largest absolute Gasteiger partial charge is 0.479 e. The van der Waals surface area contributed by atoms with Gasteiger partial charge in [0, 0.05) is 35.8 Å². The maximum absolute atomic E-state index is 14.9. The lowest BCUT2D eigenvalue weighted by atomic mass is 10.0. The van der Waals surface area contributed by atoms with Crippen LogP contribution in [0.5, 0.6) is 5.75 Å². The number of carbonyl (C=O) groups excluding carboxylic acids is 2. The van der Waals surface area contributed by atoms with Crippen LogP contribution < -0.4 is 4.74 Å². The SMILES string of the molecule is CC(C)(C)OC(=O)COc1c(Cl)cc(C(=O)N2CCC2)cc1S(=O)(=O)Cc1cc(-c2ccccc2)c(F)cc1F. The van der Waals surface area contributed by atoms with Crippen LogP contribution in [0.3, 0.4) is 0 Å². The summed E-state index contributed by atoms with van der Waals surface area (Å²) in [4.78, 5) is 26.2. The van der Waals surface area contributed by atoms with Crippen molar-refractivity contribution in [1.82, 2.24) is 4.90 Å². The molecule has 1 heterocycles. The Hall–Kier alpha value is -3.50. The number of hydrogen-bond donors (Lipinski definition) is 0. The van der Waals surface area contributed by atoms with Crippen molar-refractivity contribution in [3.05, 3.63) is 82.4 Å². The van der Waals surface area contributed by atoms with E-state index in [9.17, 15) is 26.8 Å². The number of rotatable bonds is 8. The van der Waals surface area contributed by atoms with Gasteiger partial charge in [-0.1, -0.05) is 41.9 Å². The molecular weight excluding hydrogens is 564 g/mol. The van der Waals surface area contributed by atoms with Gasteiger partial charge in [-0.2, -0.15) is 0 Å². The van der Waals surface area contributed by atoms with Crippen LogP contribution in [0.4, 0.5) is 8.78 Å². The molecule has 0 spiro atoms. The third kappa shape index (κ3) is 6.79. The average Bonchev–Trinajstić information content (AvgIpc) is 2.82. The molecule has 0 radical (unpaired) electrons. The third-order valence-corrected chi connectivity index (χ3v) is 8.00. The minimum atomic E-state index is -4.45. The van der Waals surface area contributed by atoms with Crippen LogP contribution >= 0.6 is 11.6 Å². The van der Waals surface area contributed by atoms with Crippen molar-refractivity contribution in [3.8, 4) is 16.9 Å². The summed E-state index contributed by atoms with van der Waals surface area (Å²) in [6, 6.07) is 12.4. The Labute approximate surface area is 236 Å². The van der Waals surface area contributed by atoms with Crippen LogP contribution in [0.1, 0.15) is 43.1 Å². The van der Waals surface area contributed by atoms with Crippen LogP contribution in [0.2, 0.25) is 5.02 Å². The molecule has 1 fully saturated rings. The highest BCUT2D eigenvalue weighted by atomic mass is 35.5. The predicted molar refractivity (Wildman–Crippen MR) is 146 cm³/mol. The van der Waals surface area contributed by atoms with E-state index in [0.29, 0.717) is 24.7 Å². The third-order valence-electron chi connectivity index (χ3n) is 6.06.